The second-order valence-corrected chi connectivity index (χ2v) is 5.73. The number of benzene rings is 1. The summed E-state index contributed by atoms with van der Waals surface area (Å²) in [7, 11) is 0. The van der Waals surface area contributed by atoms with E-state index in [2.05, 4.69) is 10.6 Å². The van der Waals surface area contributed by atoms with E-state index in [4.69, 9.17) is 41.2 Å². The van der Waals surface area contributed by atoms with Crippen LogP contribution in [0.1, 0.15) is 12.8 Å². The molecule has 0 saturated heterocycles. The largest absolute Gasteiger partial charge is 0.392 e. The molecule has 0 aliphatic heterocycles. The minimum atomic E-state index is -0.358. The van der Waals surface area contributed by atoms with Gasteiger partial charge in [-0.1, -0.05) is 35.4 Å². The molecule has 1 aliphatic rings. The van der Waals surface area contributed by atoms with Crippen molar-refractivity contribution in [3.63, 3.8) is 0 Å². The molecule has 2 rings (SSSR count). The van der Waals surface area contributed by atoms with Crippen molar-refractivity contribution in [1.29, 1.82) is 0 Å². The second-order valence-electron chi connectivity index (χ2n) is 4.44. The van der Waals surface area contributed by atoms with Gasteiger partial charge in [0.1, 0.15) is 0 Å². The molecule has 1 aromatic carbocycles. The first kappa shape index (κ1) is 14.4. The highest BCUT2D eigenvalue weighted by atomic mass is 35.5. The van der Waals surface area contributed by atoms with Crippen LogP contribution < -0.4 is 16.4 Å². The zero-order valence-electron chi connectivity index (χ0n) is 9.95. The first-order valence-corrected chi connectivity index (χ1v) is 6.95. The van der Waals surface area contributed by atoms with Crippen molar-refractivity contribution in [3.05, 3.63) is 28.2 Å². The number of carbonyl (C=O) groups is 1. The van der Waals surface area contributed by atoms with Crippen molar-refractivity contribution >= 4 is 52.1 Å². The van der Waals surface area contributed by atoms with Gasteiger partial charge < -0.3 is 16.4 Å². The summed E-state index contributed by atoms with van der Waals surface area (Å²) in [6.45, 7) is 0. The molecule has 1 aromatic rings. The molecule has 19 heavy (non-hydrogen) atoms. The number of halogens is 2. The molecule has 1 aliphatic carbocycles. The van der Waals surface area contributed by atoms with E-state index in [0.29, 0.717) is 26.6 Å². The first-order valence-electron chi connectivity index (χ1n) is 5.79. The summed E-state index contributed by atoms with van der Waals surface area (Å²) >= 11 is 16.6. The Kier molecular flexibility index (Phi) is 4.50. The molecule has 2 amide bonds. The Morgan fingerprint density at radius 2 is 2.05 bits per heavy atom. The fourth-order valence-corrected chi connectivity index (χ4v) is 2.28. The summed E-state index contributed by atoms with van der Waals surface area (Å²) in [5, 5.41) is 6.26. The Balaban J connectivity index is 1.96. The van der Waals surface area contributed by atoms with Crippen molar-refractivity contribution in [1.82, 2.24) is 5.32 Å². The normalized spacial score (nSPS) is 15.7. The van der Waals surface area contributed by atoms with Crippen molar-refractivity contribution in [2.45, 2.75) is 18.9 Å². The number of nitrogens with one attached hydrogen (secondary N) is 2. The predicted octanol–water partition coefficient (Wildman–Crippen LogP) is 3.18. The fourth-order valence-electron chi connectivity index (χ4n) is 1.73. The van der Waals surface area contributed by atoms with Crippen LogP contribution in [0.2, 0.25) is 10.0 Å². The van der Waals surface area contributed by atoms with Crippen molar-refractivity contribution in [2.24, 2.45) is 11.7 Å². The summed E-state index contributed by atoms with van der Waals surface area (Å²) in [5.74, 6) is 0.358. The maximum absolute atomic E-state index is 11.8. The lowest BCUT2D eigenvalue weighted by atomic mass is 10.2. The van der Waals surface area contributed by atoms with E-state index >= 15 is 0 Å². The predicted molar refractivity (Wildman–Crippen MR) is 81.9 cm³/mol. The molecule has 0 heterocycles. The standard InChI is InChI=1S/C12H13Cl2N3OS/c13-8-4-3-7(5-9(8)14)16-12(18)17-10(11(15)19)6-1-2-6/h3-6,10H,1-2H2,(H2,15,19)(H2,16,17,18). The number of anilines is 1. The third kappa shape index (κ3) is 3.96. The van der Waals surface area contributed by atoms with Gasteiger partial charge >= 0.3 is 6.03 Å². The number of nitrogens with two attached hydrogens (primary N) is 1. The molecule has 0 bridgehead atoms. The number of hydrogen-bond donors (Lipinski definition) is 3. The van der Waals surface area contributed by atoms with Crippen LogP contribution in [0.15, 0.2) is 18.2 Å². The Morgan fingerprint density at radius 1 is 1.37 bits per heavy atom. The Labute approximate surface area is 126 Å². The second kappa shape index (κ2) is 5.94. The molecule has 4 N–H and O–H groups in total. The fraction of sp³-hybridized carbons (Fsp3) is 0.333. The van der Waals surface area contributed by atoms with Gasteiger partial charge in [0.05, 0.1) is 21.1 Å². The smallest absolute Gasteiger partial charge is 0.319 e. The third-order valence-corrected chi connectivity index (χ3v) is 3.86. The quantitative estimate of drug-likeness (QED) is 0.747. The summed E-state index contributed by atoms with van der Waals surface area (Å²) in [6.07, 6.45) is 2.07. The molecule has 0 aromatic heterocycles. The van der Waals surface area contributed by atoms with Crippen LogP contribution in [0.3, 0.4) is 0 Å². The lowest BCUT2D eigenvalue weighted by Gasteiger charge is -2.17. The third-order valence-electron chi connectivity index (χ3n) is 2.86. The maximum atomic E-state index is 11.8. The van der Waals surface area contributed by atoms with Gasteiger partial charge in [-0.3, -0.25) is 0 Å². The zero-order valence-corrected chi connectivity index (χ0v) is 12.3. The number of hydrogen-bond acceptors (Lipinski definition) is 2. The van der Waals surface area contributed by atoms with Crippen LogP contribution in [0.4, 0.5) is 10.5 Å². The Morgan fingerprint density at radius 3 is 2.58 bits per heavy atom. The molecule has 1 unspecified atom stereocenters. The van der Waals surface area contributed by atoms with Crippen molar-refractivity contribution in [3.8, 4) is 0 Å². The number of carbonyl (C=O) groups excluding carboxylic acids is 1. The van der Waals surface area contributed by atoms with E-state index < -0.39 is 0 Å². The van der Waals surface area contributed by atoms with Gasteiger partial charge in [0.15, 0.2) is 0 Å². The molecule has 0 radical (unpaired) electrons. The van der Waals surface area contributed by atoms with Gasteiger partial charge in [-0.2, -0.15) is 0 Å². The highest BCUT2D eigenvalue weighted by Crippen LogP contribution is 2.32. The number of urea groups is 1. The molecule has 7 heteroatoms. The van der Waals surface area contributed by atoms with Gasteiger partial charge in [0.25, 0.3) is 0 Å². The van der Waals surface area contributed by atoms with Crippen LogP contribution in [-0.2, 0) is 0 Å². The molecule has 1 fully saturated rings. The highest BCUT2D eigenvalue weighted by molar-refractivity contribution is 7.80. The number of thiocarbonyl (C=S) groups is 1. The van der Waals surface area contributed by atoms with Crippen LogP contribution in [0.5, 0.6) is 0 Å². The minimum Gasteiger partial charge on any atom is -0.392 e. The molecule has 102 valence electrons. The highest BCUT2D eigenvalue weighted by Gasteiger charge is 2.34. The van der Waals surface area contributed by atoms with E-state index in [-0.39, 0.29) is 12.1 Å². The van der Waals surface area contributed by atoms with Gasteiger partial charge in [0, 0.05) is 5.69 Å². The van der Waals surface area contributed by atoms with Crippen molar-refractivity contribution in [2.75, 3.05) is 5.32 Å². The summed E-state index contributed by atoms with van der Waals surface area (Å²) in [4.78, 5) is 12.2. The van der Waals surface area contributed by atoms with Gasteiger partial charge in [-0.15, -0.1) is 0 Å². The average Bonchev–Trinajstić information content (AvgIpc) is 3.14. The molecular formula is C12H13Cl2N3OS. The van der Waals surface area contributed by atoms with Crippen LogP contribution in [-0.4, -0.2) is 17.1 Å². The van der Waals surface area contributed by atoms with Gasteiger partial charge in [0.2, 0.25) is 0 Å². The van der Waals surface area contributed by atoms with E-state index in [1.54, 1.807) is 18.2 Å². The lowest BCUT2D eigenvalue weighted by Crippen LogP contribution is -2.46. The summed E-state index contributed by atoms with van der Waals surface area (Å²) in [5.41, 5.74) is 6.17. The lowest BCUT2D eigenvalue weighted by molar-refractivity contribution is 0.250. The number of rotatable bonds is 4. The average molecular weight is 318 g/mol. The number of amides is 2. The van der Waals surface area contributed by atoms with Crippen LogP contribution >= 0.6 is 35.4 Å². The van der Waals surface area contributed by atoms with E-state index in [1.165, 1.54) is 0 Å². The Hall–Kier alpha value is -1.04. The van der Waals surface area contributed by atoms with Gasteiger partial charge in [-0.25, -0.2) is 4.79 Å². The van der Waals surface area contributed by atoms with E-state index in [1.807, 2.05) is 0 Å². The minimum absolute atomic E-state index is 0.252. The SMILES string of the molecule is NC(=S)C(NC(=O)Nc1ccc(Cl)c(Cl)c1)C1CC1. The van der Waals surface area contributed by atoms with Crippen molar-refractivity contribution < 1.29 is 4.79 Å². The monoisotopic (exact) mass is 317 g/mol. The van der Waals surface area contributed by atoms with E-state index in [9.17, 15) is 4.79 Å². The van der Waals surface area contributed by atoms with E-state index in [0.717, 1.165) is 12.8 Å². The van der Waals surface area contributed by atoms with Crippen LogP contribution in [0.25, 0.3) is 0 Å². The summed E-state index contributed by atoms with van der Waals surface area (Å²) in [6, 6.07) is 4.25. The molecule has 0 spiro atoms. The molecular weight excluding hydrogens is 305 g/mol. The molecule has 1 saturated carbocycles. The van der Waals surface area contributed by atoms with Gasteiger partial charge in [-0.05, 0) is 37.0 Å². The molecule has 1 atom stereocenters. The summed E-state index contributed by atoms with van der Waals surface area (Å²) < 4.78 is 0. The van der Waals surface area contributed by atoms with Crippen LogP contribution in [0, 0.1) is 5.92 Å². The molecule has 4 nitrogen and oxygen atoms in total. The zero-order chi connectivity index (χ0) is 14.0. The first-order chi connectivity index (χ1) is 8.97. The Bertz CT molecular complexity index is 520. The topological polar surface area (TPSA) is 67.1 Å². The maximum Gasteiger partial charge on any atom is 0.319 e.